The molecule has 1 amide bonds. The van der Waals surface area contributed by atoms with Gasteiger partial charge in [-0.15, -0.1) is 0 Å². The lowest BCUT2D eigenvalue weighted by Crippen LogP contribution is -2.29. The molecule has 1 aromatic rings. The van der Waals surface area contributed by atoms with Gasteiger partial charge < -0.3 is 0 Å². The molecule has 0 atom stereocenters. The smallest absolute Gasteiger partial charge is 0.250 e. The zero-order valence-electron chi connectivity index (χ0n) is 9.27. The fourth-order valence-electron chi connectivity index (χ4n) is 1.34. The molecule has 1 aromatic carbocycles. The van der Waals surface area contributed by atoms with Crippen molar-refractivity contribution in [2.75, 3.05) is 12.2 Å². The van der Waals surface area contributed by atoms with Crippen molar-refractivity contribution >= 4 is 11.6 Å². The zero-order chi connectivity index (χ0) is 11.1. The van der Waals surface area contributed by atoms with Crippen LogP contribution in [-0.2, 0) is 9.63 Å². The number of unbranched alkanes of at least 4 members (excludes halogenated alkanes) is 1. The molecule has 0 fully saturated rings. The monoisotopic (exact) mass is 207 g/mol. The molecule has 1 rings (SSSR count). The van der Waals surface area contributed by atoms with Gasteiger partial charge >= 0.3 is 0 Å². The highest BCUT2D eigenvalue weighted by atomic mass is 16.7. The third kappa shape index (κ3) is 3.36. The maximum Gasteiger partial charge on any atom is 0.250 e. The number of hydrogen-bond acceptors (Lipinski definition) is 2. The number of hydroxylamine groups is 1. The van der Waals surface area contributed by atoms with Crippen LogP contribution in [0, 0.1) is 0 Å². The number of hydrogen-bond donors (Lipinski definition) is 0. The van der Waals surface area contributed by atoms with Crippen molar-refractivity contribution in [2.45, 2.75) is 26.2 Å². The number of anilines is 1. The molecule has 0 aliphatic rings. The highest BCUT2D eigenvalue weighted by Gasteiger charge is 2.13. The third-order valence-corrected chi connectivity index (χ3v) is 2.14. The molecule has 0 unspecified atom stereocenters. The van der Waals surface area contributed by atoms with Crippen molar-refractivity contribution in [1.29, 1.82) is 0 Å². The van der Waals surface area contributed by atoms with Gasteiger partial charge in [0.1, 0.15) is 0 Å². The van der Waals surface area contributed by atoms with Gasteiger partial charge in [-0.2, -0.15) is 5.06 Å². The van der Waals surface area contributed by atoms with Gasteiger partial charge in [0, 0.05) is 6.42 Å². The molecular formula is C12H17NO2. The van der Waals surface area contributed by atoms with E-state index in [1.54, 1.807) is 0 Å². The molecular weight excluding hydrogens is 190 g/mol. The number of amides is 1. The predicted molar refractivity (Wildman–Crippen MR) is 60.5 cm³/mol. The maximum absolute atomic E-state index is 11.7. The summed E-state index contributed by atoms with van der Waals surface area (Å²) in [5.41, 5.74) is 0.779. The van der Waals surface area contributed by atoms with Crippen LogP contribution in [0.4, 0.5) is 5.69 Å². The number of para-hydroxylation sites is 1. The second kappa shape index (κ2) is 6.19. The molecule has 82 valence electrons. The Bertz CT molecular complexity index is 298. The number of nitrogens with zero attached hydrogens (tertiary/aromatic N) is 1. The second-order valence-electron chi connectivity index (χ2n) is 3.31. The molecule has 3 heteroatoms. The molecule has 0 aliphatic heterocycles. The Labute approximate surface area is 90.6 Å². The number of rotatable bonds is 5. The Morgan fingerprint density at radius 1 is 1.33 bits per heavy atom. The van der Waals surface area contributed by atoms with E-state index in [0.29, 0.717) is 6.42 Å². The van der Waals surface area contributed by atoms with E-state index in [1.807, 2.05) is 30.3 Å². The van der Waals surface area contributed by atoms with Gasteiger partial charge in [-0.3, -0.25) is 9.63 Å². The van der Waals surface area contributed by atoms with E-state index < -0.39 is 0 Å². The van der Waals surface area contributed by atoms with Crippen molar-refractivity contribution in [1.82, 2.24) is 0 Å². The predicted octanol–water partition coefficient (Wildman–Crippen LogP) is 2.77. The highest BCUT2D eigenvalue weighted by Crippen LogP contribution is 2.15. The summed E-state index contributed by atoms with van der Waals surface area (Å²) >= 11 is 0. The Morgan fingerprint density at radius 2 is 2.00 bits per heavy atom. The van der Waals surface area contributed by atoms with E-state index in [1.165, 1.54) is 12.2 Å². The van der Waals surface area contributed by atoms with Crippen LogP contribution in [0.5, 0.6) is 0 Å². The van der Waals surface area contributed by atoms with Crippen LogP contribution >= 0.6 is 0 Å². The summed E-state index contributed by atoms with van der Waals surface area (Å²) in [6.45, 7) is 2.06. The Balaban J connectivity index is 2.67. The van der Waals surface area contributed by atoms with E-state index in [4.69, 9.17) is 4.84 Å². The van der Waals surface area contributed by atoms with E-state index >= 15 is 0 Å². The SMILES string of the molecule is CCCCC(=O)N(OC)c1ccccc1. The first-order valence-electron chi connectivity index (χ1n) is 5.21. The van der Waals surface area contributed by atoms with E-state index in [2.05, 4.69) is 6.92 Å². The quantitative estimate of drug-likeness (QED) is 0.695. The zero-order valence-corrected chi connectivity index (χ0v) is 9.27. The topological polar surface area (TPSA) is 29.5 Å². The first-order chi connectivity index (χ1) is 7.29. The fourth-order valence-corrected chi connectivity index (χ4v) is 1.34. The molecule has 0 heterocycles. The van der Waals surface area contributed by atoms with Gasteiger partial charge in [0.15, 0.2) is 0 Å². The van der Waals surface area contributed by atoms with Crippen LogP contribution < -0.4 is 5.06 Å². The molecule has 0 aromatic heterocycles. The summed E-state index contributed by atoms with van der Waals surface area (Å²) in [7, 11) is 1.51. The van der Waals surface area contributed by atoms with Crippen molar-refractivity contribution in [3.05, 3.63) is 30.3 Å². The normalized spacial score (nSPS) is 10.0. The highest BCUT2D eigenvalue weighted by molar-refractivity contribution is 5.91. The van der Waals surface area contributed by atoms with Crippen molar-refractivity contribution in [2.24, 2.45) is 0 Å². The Kier molecular flexibility index (Phi) is 4.84. The van der Waals surface area contributed by atoms with Gasteiger partial charge in [0.05, 0.1) is 12.8 Å². The number of carbonyl (C=O) groups is 1. The summed E-state index contributed by atoms with van der Waals surface area (Å²) in [4.78, 5) is 16.8. The standard InChI is InChI=1S/C12H17NO2/c1-3-4-10-12(14)13(15-2)11-8-6-5-7-9-11/h5-9H,3-4,10H2,1-2H3. The van der Waals surface area contributed by atoms with E-state index in [9.17, 15) is 4.79 Å². The van der Waals surface area contributed by atoms with E-state index in [-0.39, 0.29) is 5.91 Å². The van der Waals surface area contributed by atoms with E-state index in [0.717, 1.165) is 18.5 Å². The molecule has 0 N–H and O–H groups in total. The summed E-state index contributed by atoms with van der Waals surface area (Å²) in [5.74, 6) is 0.00514. The molecule has 0 aliphatic carbocycles. The van der Waals surface area contributed by atoms with Crippen LogP contribution in [0.1, 0.15) is 26.2 Å². The third-order valence-electron chi connectivity index (χ3n) is 2.14. The van der Waals surface area contributed by atoms with Crippen LogP contribution in [0.2, 0.25) is 0 Å². The van der Waals surface area contributed by atoms with Gasteiger partial charge in [-0.05, 0) is 18.6 Å². The fraction of sp³-hybridized carbons (Fsp3) is 0.417. The average Bonchev–Trinajstić information content (AvgIpc) is 2.29. The molecule has 0 saturated carbocycles. The number of carbonyl (C=O) groups excluding carboxylic acids is 1. The lowest BCUT2D eigenvalue weighted by Gasteiger charge is -2.19. The van der Waals surface area contributed by atoms with Crippen LogP contribution in [-0.4, -0.2) is 13.0 Å². The first-order valence-corrected chi connectivity index (χ1v) is 5.21. The summed E-state index contributed by atoms with van der Waals surface area (Å²) in [5, 5.41) is 1.34. The lowest BCUT2D eigenvalue weighted by atomic mass is 10.2. The molecule has 0 saturated heterocycles. The van der Waals surface area contributed by atoms with Crippen molar-refractivity contribution < 1.29 is 9.63 Å². The van der Waals surface area contributed by atoms with Crippen LogP contribution in [0.3, 0.4) is 0 Å². The summed E-state index contributed by atoms with van der Waals surface area (Å²) in [6, 6.07) is 9.39. The maximum atomic E-state index is 11.7. The van der Waals surface area contributed by atoms with Crippen LogP contribution in [0.15, 0.2) is 30.3 Å². The molecule has 3 nitrogen and oxygen atoms in total. The Morgan fingerprint density at radius 3 is 2.53 bits per heavy atom. The lowest BCUT2D eigenvalue weighted by molar-refractivity contribution is -0.124. The minimum absolute atomic E-state index is 0.00514. The molecule has 15 heavy (non-hydrogen) atoms. The summed E-state index contributed by atoms with van der Waals surface area (Å²) in [6.07, 6.45) is 2.43. The molecule has 0 bridgehead atoms. The number of benzene rings is 1. The molecule has 0 spiro atoms. The van der Waals surface area contributed by atoms with Gasteiger partial charge in [-0.25, -0.2) is 0 Å². The van der Waals surface area contributed by atoms with Crippen LogP contribution in [0.25, 0.3) is 0 Å². The van der Waals surface area contributed by atoms with Gasteiger partial charge in [-0.1, -0.05) is 31.5 Å². The largest absolute Gasteiger partial charge is 0.272 e. The second-order valence-corrected chi connectivity index (χ2v) is 3.31. The Hall–Kier alpha value is -1.35. The first kappa shape index (κ1) is 11.7. The van der Waals surface area contributed by atoms with Crippen molar-refractivity contribution in [3.8, 4) is 0 Å². The average molecular weight is 207 g/mol. The minimum Gasteiger partial charge on any atom is -0.272 e. The summed E-state index contributed by atoms with van der Waals surface area (Å²) < 4.78 is 0. The van der Waals surface area contributed by atoms with Gasteiger partial charge in [0.25, 0.3) is 5.91 Å². The minimum atomic E-state index is 0.00514. The van der Waals surface area contributed by atoms with Crippen molar-refractivity contribution in [3.63, 3.8) is 0 Å². The van der Waals surface area contributed by atoms with Gasteiger partial charge in [0.2, 0.25) is 0 Å². The molecule has 0 radical (unpaired) electrons.